The van der Waals surface area contributed by atoms with Crippen molar-refractivity contribution in [2.24, 2.45) is 5.92 Å². The second kappa shape index (κ2) is 28.3. The van der Waals surface area contributed by atoms with Crippen LogP contribution < -0.4 is 0 Å². The van der Waals surface area contributed by atoms with Gasteiger partial charge in [-0.25, -0.2) is 0 Å². The highest BCUT2D eigenvalue weighted by molar-refractivity contribution is 5.75. The zero-order valence-electron chi connectivity index (χ0n) is 22.4. The summed E-state index contributed by atoms with van der Waals surface area (Å²) in [5, 5.41) is 8.69. The van der Waals surface area contributed by atoms with Crippen molar-refractivity contribution in [2.45, 2.75) is 163 Å². The van der Waals surface area contributed by atoms with Crippen molar-refractivity contribution in [3.8, 4) is 0 Å². The van der Waals surface area contributed by atoms with Gasteiger partial charge in [-0.2, -0.15) is 0 Å². The van der Waals surface area contributed by atoms with Gasteiger partial charge in [0.1, 0.15) is 11.6 Å². The number of carbonyl (C=O) groups is 2. The molecule has 0 saturated heterocycles. The maximum Gasteiger partial charge on any atom is 0.129 e. The SMILES string of the molecule is CCCCCCCCCC(C)=O.CCCCCCCCCC(C)=O.OCC1CCCCC1. The van der Waals surface area contributed by atoms with Crippen molar-refractivity contribution >= 4 is 11.6 Å². The topological polar surface area (TPSA) is 54.4 Å². The van der Waals surface area contributed by atoms with Crippen LogP contribution in [-0.2, 0) is 9.59 Å². The van der Waals surface area contributed by atoms with Crippen LogP contribution in [0.4, 0.5) is 0 Å². The third-order valence-corrected chi connectivity index (χ3v) is 6.25. The molecule has 0 bridgehead atoms. The average Bonchev–Trinajstić information content (AvgIpc) is 2.79. The Kier molecular flexibility index (Phi) is 29.6. The van der Waals surface area contributed by atoms with E-state index < -0.39 is 0 Å². The number of rotatable bonds is 17. The fourth-order valence-electron chi connectivity index (χ4n) is 4.03. The first-order valence-corrected chi connectivity index (χ1v) is 14.1. The number of carbonyl (C=O) groups excluding carboxylic acids is 2. The fourth-order valence-corrected chi connectivity index (χ4v) is 4.03. The van der Waals surface area contributed by atoms with Crippen molar-refractivity contribution in [3.05, 3.63) is 0 Å². The zero-order valence-corrected chi connectivity index (χ0v) is 22.4. The van der Waals surface area contributed by atoms with Gasteiger partial charge in [0.2, 0.25) is 0 Å². The minimum atomic E-state index is 0.337. The highest BCUT2D eigenvalue weighted by atomic mass is 16.3. The fraction of sp³-hybridized carbons (Fsp3) is 0.931. The Morgan fingerprint density at radius 3 is 1.22 bits per heavy atom. The Labute approximate surface area is 201 Å². The Morgan fingerprint density at radius 1 is 0.594 bits per heavy atom. The van der Waals surface area contributed by atoms with E-state index in [9.17, 15) is 9.59 Å². The van der Waals surface area contributed by atoms with Crippen LogP contribution in [0, 0.1) is 5.92 Å². The predicted molar refractivity (Wildman–Crippen MR) is 140 cm³/mol. The van der Waals surface area contributed by atoms with Gasteiger partial charge >= 0.3 is 0 Å². The van der Waals surface area contributed by atoms with Gasteiger partial charge in [-0.3, -0.25) is 0 Å². The van der Waals surface area contributed by atoms with E-state index in [1.165, 1.54) is 109 Å². The van der Waals surface area contributed by atoms with Crippen LogP contribution in [0.15, 0.2) is 0 Å². The normalized spacial score (nSPS) is 13.5. The highest BCUT2D eigenvalue weighted by Gasteiger charge is 2.10. The van der Waals surface area contributed by atoms with E-state index in [0.717, 1.165) is 25.7 Å². The summed E-state index contributed by atoms with van der Waals surface area (Å²) in [6, 6.07) is 0. The molecule has 1 N–H and O–H groups in total. The number of ketones is 2. The molecule has 0 aromatic rings. The van der Waals surface area contributed by atoms with Gasteiger partial charge in [-0.15, -0.1) is 0 Å². The van der Waals surface area contributed by atoms with E-state index in [1.807, 2.05) is 0 Å². The number of aliphatic hydroxyl groups is 1. The quantitative estimate of drug-likeness (QED) is 0.223. The lowest BCUT2D eigenvalue weighted by atomic mass is 9.90. The molecule has 0 unspecified atom stereocenters. The van der Waals surface area contributed by atoms with Crippen molar-refractivity contribution in [1.82, 2.24) is 0 Å². The maximum absolute atomic E-state index is 10.6. The standard InChI is InChI=1S/2C11H22O.C7H14O/c2*1-3-4-5-6-7-8-9-10-11(2)12;8-6-7-4-2-1-3-5-7/h2*3-10H2,1-2H3;7-8H,1-6H2. The first-order valence-electron chi connectivity index (χ1n) is 14.1. The van der Waals surface area contributed by atoms with Crippen LogP contribution in [0.1, 0.15) is 163 Å². The largest absolute Gasteiger partial charge is 0.396 e. The van der Waals surface area contributed by atoms with Gasteiger partial charge in [0.05, 0.1) is 0 Å². The lowest BCUT2D eigenvalue weighted by molar-refractivity contribution is -0.117. The Bertz CT molecular complexity index is 358. The van der Waals surface area contributed by atoms with Gasteiger partial charge in [-0.05, 0) is 45.4 Å². The lowest BCUT2D eigenvalue weighted by Crippen LogP contribution is -2.09. The summed E-state index contributed by atoms with van der Waals surface area (Å²) in [5.41, 5.74) is 0. The molecule has 1 rings (SSSR count). The Hall–Kier alpha value is -0.700. The smallest absolute Gasteiger partial charge is 0.129 e. The van der Waals surface area contributed by atoms with Crippen LogP contribution in [0.2, 0.25) is 0 Å². The first kappa shape index (κ1) is 33.5. The summed E-state index contributed by atoms with van der Waals surface area (Å²) in [4.78, 5) is 21.2. The maximum atomic E-state index is 10.6. The van der Waals surface area contributed by atoms with E-state index in [4.69, 9.17) is 5.11 Å². The molecular formula is C29H58O3. The van der Waals surface area contributed by atoms with Crippen molar-refractivity contribution < 1.29 is 14.7 Å². The number of hydrogen-bond acceptors (Lipinski definition) is 3. The Morgan fingerprint density at radius 2 is 0.938 bits per heavy atom. The van der Waals surface area contributed by atoms with Crippen molar-refractivity contribution in [2.75, 3.05) is 6.61 Å². The molecule has 1 aliphatic rings. The summed E-state index contributed by atoms with van der Waals surface area (Å²) in [6.45, 7) is 8.24. The number of Topliss-reactive ketones (excluding diaryl/α,β-unsaturated/α-hetero) is 2. The minimum Gasteiger partial charge on any atom is -0.396 e. The van der Waals surface area contributed by atoms with E-state index in [2.05, 4.69) is 13.8 Å². The summed E-state index contributed by atoms with van der Waals surface area (Å²) < 4.78 is 0. The molecule has 0 radical (unpaired) electrons. The lowest BCUT2D eigenvalue weighted by Gasteiger charge is -2.18. The van der Waals surface area contributed by atoms with E-state index >= 15 is 0 Å². The van der Waals surface area contributed by atoms with Gasteiger partial charge < -0.3 is 14.7 Å². The second-order valence-electron chi connectivity index (χ2n) is 9.83. The highest BCUT2D eigenvalue weighted by Crippen LogP contribution is 2.22. The monoisotopic (exact) mass is 454 g/mol. The van der Waals surface area contributed by atoms with Crippen molar-refractivity contribution in [3.63, 3.8) is 0 Å². The molecule has 0 heterocycles. The molecule has 3 nitrogen and oxygen atoms in total. The van der Waals surface area contributed by atoms with Gasteiger partial charge in [-0.1, -0.05) is 110 Å². The number of aliphatic hydroxyl groups excluding tert-OH is 1. The number of unbranched alkanes of at least 4 members (excludes halogenated alkanes) is 12. The Balaban J connectivity index is 0. The van der Waals surface area contributed by atoms with Crippen LogP contribution >= 0.6 is 0 Å². The van der Waals surface area contributed by atoms with Crippen molar-refractivity contribution in [1.29, 1.82) is 0 Å². The molecule has 0 atom stereocenters. The number of hydrogen-bond donors (Lipinski definition) is 1. The summed E-state index contributed by atoms with van der Waals surface area (Å²) in [7, 11) is 0. The summed E-state index contributed by atoms with van der Waals surface area (Å²) in [5.74, 6) is 1.32. The first-order chi connectivity index (χ1) is 15.5. The zero-order chi connectivity index (χ0) is 24.3. The van der Waals surface area contributed by atoms with E-state index in [1.54, 1.807) is 13.8 Å². The molecule has 0 spiro atoms. The molecule has 1 fully saturated rings. The van der Waals surface area contributed by atoms with Crippen LogP contribution in [0.5, 0.6) is 0 Å². The van der Waals surface area contributed by atoms with Crippen LogP contribution in [-0.4, -0.2) is 23.3 Å². The predicted octanol–water partition coefficient (Wildman–Crippen LogP) is 8.99. The molecule has 0 amide bonds. The molecule has 1 aliphatic carbocycles. The molecule has 0 aromatic heterocycles. The average molecular weight is 455 g/mol. The molecule has 1 saturated carbocycles. The minimum absolute atomic E-state index is 0.337. The van der Waals surface area contributed by atoms with Gasteiger partial charge in [0.15, 0.2) is 0 Å². The van der Waals surface area contributed by atoms with Crippen LogP contribution in [0.3, 0.4) is 0 Å². The second-order valence-corrected chi connectivity index (χ2v) is 9.83. The third-order valence-electron chi connectivity index (χ3n) is 6.25. The molecule has 0 aromatic carbocycles. The molecular weight excluding hydrogens is 396 g/mol. The molecule has 32 heavy (non-hydrogen) atoms. The summed E-state index contributed by atoms with van der Waals surface area (Å²) in [6.07, 6.45) is 26.3. The van der Waals surface area contributed by atoms with Crippen LogP contribution in [0.25, 0.3) is 0 Å². The third kappa shape index (κ3) is 31.5. The molecule has 0 aliphatic heterocycles. The summed E-state index contributed by atoms with van der Waals surface area (Å²) >= 11 is 0. The van der Waals surface area contributed by atoms with Gasteiger partial charge in [0, 0.05) is 19.4 Å². The van der Waals surface area contributed by atoms with Gasteiger partial charge in [0.25, 0.3) is 0 Å². The molecule has 3 heteroatoms. The van der Waals surface area contributed by atoms with E-state index in [-0.39, 0.29) is 0 Å². The molecule has 192 valence electrons. The van der Waals surface area contributed by atoms with E-state index in [0.29, 0.717) is 24.1 Å².